The van der Waals surface area contributed by atoms with Gasteiger partial charge in [0.15, 0.2) is 0 Å². The predicted molar refractivity (Wildman–Crippen MR) is 65.7 cm³/mol. The summed E-state index contributed by atoms with van der Waals surface area (Å²) in [5, 5.41) is 3.62. The van der Waals surface area contributed by atoms with Gasteiger partial charge in [-0.15, -0.1) is 6.58 Å². The molecule has 0 rings (SSSR count). The van der Waals surface area contributed by atoms with E-state index in [1.165, 1.54) is 51.5 Å². The fourth-order valence-corrected chi connectivity index (χ4v) is 1.72. The normalized spacial score (nSPS) is 12.7. The van der Waals surface area contributed by atoms with Gasteiger partial charge in [-0.05, 0) is 38.6 Å². The molecule has 0 aromatic heterocycles. The molecule has 0 aliphatic rings. The van der Waals surface area contributed by atoms with Gasteiger partial charge in [-0.25, -0.2) is 0 Å². The van der Waals surface area contributed by atoms with E-state index in [9.17, 15) is 0 Å². The van der Waals surface area contributed by atoms with Crippen molar-refractivity contribution in [2.24, 2.45) is 0 Å². The first-order chi connectivity index (χ1) is 6.85. The summed E-state index contributed by atoms with van der Waals surface area (Å²) in [6, 6.07) is 0.754. The molecule has 0 amide bonds. The van der Waals surface area contributed by atoms with Crippen LogP contribution < -0.4 is 5.32 Å². The van der Waals surface area contributed by atoms with Crippen LogP contribution in [0.1, 0.15) is 58.8 Å². The fourth-order valence-electron chi connectivity index (χ4n) is 1.72. The highest BCUT2D eigenvalue weighted by atomic mass is 14.9. The number of rotatable bonds is 10. The van der Waals surface area contributed by atoms with Gasteiger partial charge in [0.1, 0.15) is 0 Å². The third-order valence-corrected chi connectivity index (χ3v) is 2.53. The molecule has 84 valence electrons. The Hall–Kier alpha value is -0.300. The average molecular weight is 197 g/mol. The molecule has 1 unspecified atom stereocenters. The minimum Gasteiger partial charge on any atom is -0.314 e. The molecule has 1 N–H and O–H groups in total. The first kappa shape index (κ1) is 13.7. The Labute approximate surface area is 90.0 Å². The molecule has 0 aromatic carbocycles. The Morgan fingerprint density at radius 1 is 1.14 bits per heavy atom. The lowest BCUT2D eigenvalue weighted by Gasteiger charge is -2.17. The number of unbranched alkanes of at least 4 members (excludes halogenated alkanes) is 2. The summed E-state index contributed by atoms with van der Waals surface area (Å²) >= 11 is 0. The van der Waals surface area contributed by atoms with Crippen molar-refractivity contribution < 1.29 is 0 Å². The molecule has 1 atom stereocenters. The van der Waals surface area contributed by atoms with Crippen LogP contribution in [-0.2, 0) is 0 Å². The van der Waals surface area contributed by atoms with Gasteiger partial charge >= 0.3 is 0 Å². The van der Waals surface area contributed by atoms with Crippen molar-refractivity contribution in [3.8, 4) is 0 Å². The second-order valence-corrected chi connectivity index (χ2v) is 4.01. The second-order valence-electron chi connectivity index (χ2n) is 4.01. The summed E-state index contributed by atoms with van der Waals surface area (Å²) < 4.78 is 0. The van der Waals surface area contributed by atoms with Crippen LogP contribution in [0.2, 0.25) is 0 Å². The summed E-state index contributed by atoms with van der Waals surface area (Å²) in [4.78, 5) is 0. The fraction of sp³-hybridized carbons (Fsp3) is 0.846. The van der Waals surface area contributed by atoms with Crippen LogP contribution in [0.3, 0.4) is 0 Å². The van der Waals surface area contributed by atoms with E-state index in [2.05, 4.69) is 25.7 Å². The minimum atomic E-state index is 0.754. The van der Waals surface area contributed by atoms with E-state index < -0.39 is 0 Å². The van der Waals surface area contributed by atoms with Crippen molar-refractivity contribution >= 4 is 0 Å². The summed E-state index contributed by atoms with van der Waals surface area (Å²) in [5.41, 5.74) is 0. The van der Waals surface area contributed by atoms with E-state index >= 15 is 0 Å². The maximum absolute atomic E-state index is 3.75. The first-order valence-electron chi connectivity index (χ1n) is 6.19. The monoisotopic (exact) mass is 197 g/mol. The van der Waals surface area contributed by atoms with Crippen molar-refractivity contribution in [3.63, 3.8) is 0 Å². The standard InChI is InChI=1S/C13H27N/c1-4-7-8-9-11-13(10-5-2)14-12-6-3/h4,13-14H,1,5-12H2,2-3H3. The molecular formula is C13H27N. The van der Waals surface area contributed by atoms with Gasteiger partial charge in [0.2, 0.25) is 0 Å². The van der Waals surface area contributed by atoms with Gasteiger partial charge < -0.3 is 5.32 Å². The maximum atomic E-state index is 3.75. The van der Waals surface area contributed by atoms with Crippen LogP contribution in [0.4, 0.5) is 0 Å². The lowest BCUT2D eigenvalue weighted by atomic mass is 10.0. The largest absolute Gasteiger partial charge is 0.314 e. The molecule has 0 aliphatic heterocycles. The molecule has 0 spiro atoms. The van der Waals surface area contributed by atoms with E-state index in [4.69, 9.17) is 0 Å². The van der Waals surface area contributed by atoms with Crippen molar-refractivity contribution in [2.75, 3.05) is 6.54 Å². The molecule has 0 saturated heterocycles. The van der Waals surface area contributed by atoms with Gasteiger partial charge in [-0.2, -0.15) is 0 Å². The van der Waals surface area contributed by atoms with Crippen LogP contribution in [0.15, 0.2) is 12.7 Å². The highest BCUT2D eigenvalue weighted by Crippen LogP contribution is 2.08. The molecule has 0 fully saturated rings. The zero-order chi connectivity index (χ0) is 10.6. The molecule has 1 nitrogen and oxygen atoms in total. The highest BCUT2D eigenvalue weighted by molar-refractivity contribution is 4.69. The summed E-state index contributed by atoms with van der Waals surface area (Å²) in [7, 11) is 0. The molecular weight excluding hydrogens is 170 g/mol. The third-order valence-electron chi connectivity index (χ3n) is 2.53. The average Bonchev–Trinajstić information content (AvgIpc) is 2.20. The quantitative estimate of drug-likeness (QED) is 0.414. The zero-order valence-electron chi connectivity index (χ0n) is 10.0. The van der Waals surface area contributed by atoms with E-state index in [0.29, 0.717) is 0 Å². The van der Waals surface area contributed by atoms with Crippen LogP contribution >= 0.6 is 0 Å². The van der Waals surface area contributed by atoms with Gasteiger partial charge in [-0.3, -0.25) is 0 Å². The summed E-state index contributed by atoms with van der Waals surface area (Å²) in [5.74, 6) is 0. The zero-order valence-corrected chi connectivity index (χ0v) is 10.0. The topological polar surface area (TPSA) is 12.0 Å². The molecule has 1 heteroatoms. The van der Waals surface area contributed by atoms with Crippen LogP contribution in [0.5, 0.6) is 0 Å². The van der Waals surface area contributed by atoms with Crippen LogP contribution in [0.25, 0.3) is 0 Å². The minimum absolute atomic E-state index is 0.754. The maximum Gasteiger partial charge on any atom is 0.00669 e. The van der Waals surface area contributed by atoms with E-state index in [1.807, 2.05) is 6.08 Å². The number of nitrogens with one attached hydrogen (secondary N) is 1. The number of hydrogen-bond donors (Lipinski definition) is 1. The van der Waals surface area contributed by atoms with E-state index in [1.54, 1.807) is 0 Å². The van der Waals surface area contributed by atoms with E-state index in [0.717, 1.165) is 6.04 Å². The van der Waals surface area contributed by atoms with E-state index in [-0.39, 0.29) is 0 Å². The van der Waals surface area contributed by atoms with Crippen LogP contribution in [-0.4, -0.2) is 12.6 Å². The molecule has 0 radical (unpaired) electrons. The molecule has 14 heavy (non-hydrogen) atoms. The molecule has 0 aliphatic carbocycles. The van der Waals surface area contributed by atoms with Crippen molar-refractivity contribution in [1.82, 2.24) is 5.32 Å². The Balaban J connectivity index is 3.45. The SMILES string of the molecule is C=CCCCCC(CCC)NCCC. The summed E-state index contributed by atoms with van der Waals surface area (Å²) in [6.07, 6.45) is 11.0. The molecule has 0 bridgehead atoms. The molecule has 0 heterocycles. The second kappa shape index (κ2) is 10.8. The third kappa shape index (κ3) is 8.31. The van der Waals surface area contributed by atoms with Gasteiger partial charge in [0.25, 0.3) is 0 Å². The highest BCUT2D eigenvalue weighted by Gasteiger charge is 2.04. The van der Waals surface area contributed by atoms with Crippen molar-refractivity contribution in [1.29, 1.82) is 0 Å². The Morgan fingerprint density at radius 2 is 1.93 bits per heavy atom. The first-order valence-corrected chi connectivity index (χ1v) is 6.19. The Bertz CT molecular complexity index is 120. The Kier molecular flexibility index (Phi) is 10.5. The van der Waals surface area contributed by atoms with Crippen LogP contribution in [0, 0.1) is 0 Å². The predicted octanol–water partition coefficient (Wildman–Crippen LogP) is 3.90. The smallest absolute Gasteiger partial charge is 0.00669 e. The van der Waals surface area contributed by atoms with Gasteiger partial charge in [-0.1, -0.05) is 32.8 Å². The molecule has 0 aromatic rings. The Morgan fingerprint density at radius 3 is 2.50 bits per heavy atom. The lowest BCUT2D eigenvalue weighted by molar-refractivity contribution is 0.433. The lowest BCUT2D eigenvalue weighted by Crippen LogP contribution is -2.29. The van der Waals surface area contributed by atoms with Gasteiger partial charge in [0, 0.05) is 6.04 Å². The van der Waals surface area contributed by atoms with Crippen molar-refractivity contribution in [2.45, 2.75) is 64.8 Å². The molecule has 0 saturated carbocycles. The summed E-state index contributed by atoms with van der Waals surface area (Å²) in [6.45, 7) is 9.42. The number of allylic oxidation sites excluding steroid dienone is 1. The van der Waals surface area contributed by atoms with Gasteiger partial charge in [0.05, 0.1) is 0 Å². The van der Waals surface area contributed by atoms with Crippen molar-refractivity contribution in [3.05, 3.63) is 12.7 Å². The number of hydrogen-bond acceptors (Lipinski definition) is 1.